The number of aliphatic hydroxyl groups excluding tert-OH is 1. The second kappa shape index (κ2) is 13.3. The number of aliphatic hydroxyl groups is 1. The van der Waals surface area contributed by atoms with E-state index in [1.807, 2.05) is 6.92 Å². The maximum absolute atomic E-state index is 9.55. The van der Waals surface area contributed by atoms with E-state index in [-0.39, 0.29) is 30.1 Å². The molecule has 2 rings (SSSR count). The van der Waals surface area contributed by atoms with Gasteiger partial charge in [-0.25, -0.2) is 0 Å². The fourth-order valence-corrected chi connectivity index (χ4v) is 3.31. The minimum Gasteiger partial charge on any atom is -0.393 e. The van der Waals surface area contributed by atoms with Gasteiger partial charge in [0.15, 0.2) is 5.96 Å². The molecular weight excluding hydrogens is 455 g/mol. The van der Waals surface area contributed by atoms with E-state index in [2.05, 4.69) is 50.2 Å². The van der Waals surface area contributed by atoms with Crippen molar-refractivity contribution in [2.24, 2.45) is 4.99 Å². The molecule has 1 aliphatic rings. The maximum Gasteiger partial charge on any atom is 0.191 e. The minimum absolute atomic E-state index is 0. The third-order valence-electron chi connectivity index (χ3n) is 4.75. The number of nitrogens with zero attached hydrogens (tertiary/aromatic N) is 4. The number of hydrogen-bond acceptors (Lipinski definition) is 4. The fraction of sp³-hybridized carbons (Fsp3) is 0.789. The van der Waals surface area contributed by atoms with Gasteiger partial charge in [0.2, 0.25) is 0 Å². The summed E-state index contributed by atoms with van der Waals surface area (Å²) in [4.78, 5) is 7.10. The van der Waals surface area contributed by atoms with Crippen molar-refractivity contribution in [1.82, 2.24) is 25.3 Å². The smallest absolute Gasteiger partial charge is 0.191 e. The highest BCUT2D eigenvalue weighted by atomic mass is 127. The zero-order valence-corrected chi connectivity index (χ0v) is 19.4. The van der Waals surface area contributed by atoms with Gasteiger partial charge in [-0.05, 0) is 59.1 Å². The van der Waals surface area contributed by atoms with E-state index in [9.17, 15) is 5.11 Å². The Bertz CT molecular complexity index is 554. The number of halogens is 1. The Balaban J connectivity index is 0.00000364. The van der Waals surface area contributed by atoms with Crippen molar-refractivity contribution in [1.29, 1.82) is 0 Å². The van der Waals surface area contributed by atoms with Gasteiger partial charge < -0.3 is 20.6 Å². The molecule has 0 radical (unpaired) electrons. The average molecular weight is 492 g/mol. The SMILES string of the molecule is CCNC(=NCCCn1nc(C)cc1C)NCCCN1CCC(O)CC1.I. The summed E-state index contributed by atoms with van der Waals surface area (Å²) in [6.07, 6.45) is 3.80. The van der Waals surface area contributed by atoms with Crippen molar-refractivity contribution in [3.63, 3.8) is 0 Å². The van der Waals surface area contributed by atoms with Crippen LogP contribution in [0.5, 0.6) is 0 Å². The average Bonchev–Trinajstić information content (AvgIpc) is 2.94. The van der Waals surface area contributed by atoms with Crippen molar-refractivity contribution in [2.75, 3.05) is 39.3 Å². The molecule has 8 heteroatoms. The number of aliphatic imine (C=N–C) groups is 1. The van der Waals surface area contributed by atoms with Crippen molar-refractivity contribution in [3.8, 4) is 0 Å². The second-order valence-electron chi connectivity index (χ2n) is 7.12. The molecule has 0 atom stereocenters. The van der Waals surface area contributed by atoms with Crippen LogP contribution in [0.3, 0.4) is 0 Å². The quantitative estimate of drug-likeness (QED) is 0.213. The molecule has 1 aliphatic heterocycles. The van der Waals surface area contributed by atoms with Crippen LogP contribution in [0.25, 0.3) is 0 Å². The molecule has 0 unspecified atom stereocenters. The summed E-state index contributed by atoms with van der Waals surface area (Å²) in [6.45, 7) is 12.8. The van der Waals surface area contributed by atoms with Gasteiger partial charge in [-0.3, -0.25) is 9.67 Å². The molecule has 156 valence electrons. The maximum atomic E-state index is 9.55. The summed E-state index contributed by atoms with van der Waals surface area (Å²) in [5.74, 6) is 0.898. The van der Waals surface area contributed by atoms with Crippen LogP contribution < -0.4 is 10.6 Å². The molecule has 7 nitrogen and oxygen atoms in total. The predicted octanol–water partition coefficient (Wildman–Crippen LogP) is 1.91. The highest BCUT2D eigenvalue weighted by molar-refractivity contribution is 14.0. The summed E-state index contributed by atoms with van der Waals surface area (Å²) < 4.78 is 2.06. The van der Waals surface area contributed by atoms with Gasteiger partial charge in [-0.2, -0.15) is 5.10 Å². The van der Waals surface area contributed by atoms with Crippen LogP contribution in [0, 0.1) is 13.8 Å². The monoisotopic (exact) mass is 492 g/mol. The molecule has 0 spiro atoms. The highest BCUT2D eigenvalue weighted by Gasteiger charge is 2.15. The standard InChI is InChI=1S/C19H36N6O.HI/c1-4-20-19(21-9-5-11-24-13-7-18(26)8-14-24)22-10-6-12-25-17(3)15-16(2)23-25;/h15,18,26H,4-14H2,1-3H3,(H2,20,21,22);1H. The minimum atomic E-state index is -0.0914. The summed E-state index contributed by atoms with van der Waals surface area (Å²) >= 11 is 0. The third-order valence-corrected chi connectivity index (χ3v) is 4.75. The van der Waals surface area contributed by atoms with Gasteiger partial charge in [-0.1, -0.05) is 0 Å². The van der Waals surface area contributed by atoms with Crippen LogP contribution in [-0.4, -0.2) is 71.1 Å². The van der Waals surface area contributed by atoms with Crippen LogP contribution in [0.2, 0.25) is 0 Å². The molecule has 0 bridgehead atoms. The van der Waals surface area contributed by atoms with E-state index >= 15 is 0 Å². The predicted molar refractivity (Wildman–Crippen MR) is 122 cm³/mol. The van der Waals surface area contributed by atoms with E-state index < -0.39 is 0 Å². The van der Waals surface area contributed by atoms with Crippen LogP contribution in [0.1, 0.15) is 44.0 Å². The van der Waals surface area contributed by atoms with E-state index in [0.29, 0.717) is 0 Å². The molecule has 0 aliphatic carbocycles. The van der Waals surface area contributed by atoms with Gasteiger partial charge in [0.05, 0.1) is 11.8 Å². The number of piperidine rings is 1. The lowest BCUT2D eigenvalue weighted by molar-refractivity contribution is 0.0823. The number of rotatable bonds is 9. The summed E-state index contributed by atoms with van der Waals surface area (Å²) in [6, 6.07) is 2.11. The van der Waals surface area contributed by atoms with Gasteiger partial charge >= 0.3 is 0 Å². The molecule has 27 heavy (non-hydrogen) atoms. The third kappa shape index (κ3) is 9.25. The van der Waals surface area contributed by atoms with Gasteiger partial charge in [0.1, 0.15) is 0 Å². The number of nitrogens with one attached hydrogen (secondary N) is 2. The molecule has 1 aromatic heterocycles. The lowest BCUT2D eigenvalue weighted by atomic mass is 10.1. The van der Waals surface area contributed by atoms with Crippen molar-refractivity contribution in [2.45, 2.75) is 59.1 Å². The van der Waals surface area contributed by atoms with Crippen LogP contribution in [-0.2, 0) is 6.54 Å². The van der Waals surface area contributed by atoms with Crippen molar-refractivity contribution in [3.05, 3.63) is 17.5 Å². The summed E-state index contributed by atoms with van der Waals surface area (Å²) in [7, 11) is 0. The molecule has 0 aromatic carbocycles. The molecular formula is C19H37IN6O. The number of aryl methyl sites for hydroxylation is 3. The van der Waals surface area contributed by atoms with Gasteiger partial charge in [0.25, 0.3) is 0 Å². The molecule has 0 amide bonds. The molecule has 1 saturated heterocycles. The fourth-order valence-electron chi connectivity index (χ4n) is 3.31. The largest absolute Gasteiger partial charge is 0.393 e. The van der Waals surface area contributed by atoms with E-state index in [1.54, 1.807) is 0 Å². The normalized spacial score (nSPS) is 16.2. The van der Waals surface area contributed by atoms with E-state index in [0.717, 1.165) is 83.2 Å². The number of hydrogen-bond donors (Lipinski definition) is 3. The van der Waals surface area contributed by atoms with Crippen LogP contribution in [0.15, 0.2) is 11.1 Å². The number of likely N-dealkylation sites (tertiary alicyclic amines) is 1. The van der Waals surface area contributed by atoms with Gasteiger partial charge in [0, 0.05) is 45.0 Å². The lowest BCUT2D eigenvalue weighted by Gasteiger charge is -2.29. The molecule has 0 saturated carbocycles. The Morgan fingerprint density at radius 3 is 2.59 bits per heavy atom. The Morgan fingerprint density at radius 1 is 1.22 bits per heavy atom. The Hall–Kier alpha value is -0.870. The number of aromatic nitrogens is 2. The lowest BCUT2D eigenvalue weighted by Crippen LogP contribution is -2.40. The van der Waals surface area contributed by atoms with Crippen molar-refractivity contribution >= 4 is 29.9 Å². The summed E-state index contributed by atoms with van der Waals surface area (Å²) in [5.41, 5.74) is 2.28. The van der Waals surface area contributed by atoms with Crippen molar-refractivity contribution < 1.29 is 5.11 Å². The zero-order chi connectivity index (χ0) is 18.8. The first kappa shape index (κ1) is 24.2. The van der Waals surface area contributed by atoms with Gasteiger partial charge in [-0.15, -0.1) is 24.0 Å². The van der Waals surface area contributed by atoms with Crippen LogP contribution >= 0.6 is 24.0 Å². The van der Waals surface area contributed by atoms with Crippen LogP contribution in [0.4, 0.5) is 0 Å². The Kier molecular flexibility index (Phi) is 11.9. The Morgan fingerprint density at radius 2 is 1.96 bits per heavy atom. The molecule has 1 fully saturated rings. The summed E-state index contributed by atoms with van der Waals surface area (Å²) in [5, 5.41) is 20.8. The second-order valence-corrected chi connectivity index (χ2v) is 7.12. The first-order chi connectivity index (χ1) is 12.6. The van der Waals surface area contributed by atoms with E-state index in [1.165, 1.54) is 5.69 Å². The molecule has 1 aromatic rings. The molecule has 2 heterocycles. The topological polar surface area (TPSA) is 77.7 Å². The van der Waals surface area contributed by atoms with E-state index in [4.69, 9.17) is 0 Å². The highest BCUT2D eigenvalue weighted by Crippen LogP contribution is 2.09. The first-order valence-corrected chi connectivity index (χ1v) is 10.0. The molecule has 3 N–H and O–H groups in total. The Labute approximate surface area is 181 Å². The first-order valence-electron chi connectivity index (χ1n) is 10.0. The zero-order valence-electron chi connectivity index (χ0n) is 17.1. The number of guanidine groups is 1.